The number of aromatic nitrogens is 2. The van der Waals surface area contributed by atoms with E-state index in [-0.39, 0.29) is 0 Å². The zero-order chi connectivity index (χ0) is 11.8. The number of phenols is 1. The van der Waals surface area contributed by atoms with Crippen molar-refractivity contribution in [2.45, 2.75) is 25.3 Å². The van der Waals surface area contributed by atoms with Crippen molar-refractivity contribution in [1.29, 1.82) is 0 Å². The van der Waals surface area contributed by atoms with Crippen molar-refractivity contribution in [1.82, 2.24) is 9.55 Å². The van der Waals surface area contributed by atoms with Gasteiger partial charge < -0.3 is 14.7 Å². The summed E-state index contributed by atoms with van der Waals surface area (Å²) in [6, 6.07) is 6.10. The third kappa shape index (κ3) is 1.89. The van der Waals surface area contributed by atoms with Gasteiger partial charge in [-0.3, -0.25) is 0 Å². The molecule has 4 heteroatoms. The summed E-state index contributed by atoms with van der Waals surface area (Å²) in [5.41, 5.74) is 2.59. The van der Waals surface area contributed by atoms with Crippen molar-refractivity contribution in [3.8, 4) is 5.75 Å². The Hall–Kier alpha value is -1.55. The molecular weight excluding hydrogens is 232 g/mol. The highest BCUT2D eigenvalue weighted by Gasteiger charge is 2.20. The largest absolute Gasteiger partial charge is 0.508 e. The third-order valence-electron chi connectivity index (χ3n) is 3.46. The first-order valence-corrected chi connectivity index (χ1v) is 6.21. The summed E-state index contributed by atoms with van der Waals surface area (Å²) in [7, 11) is 0. The number of imidazole rings is 1. The Balaban J connectivity index is 1.93. The lowest BCUT2D eigenvalue weighted by Gasteiger charge is -2.25. The number of hydrogen-bond acceptors (Lipinski definition) is 2. The Morgan fingerprint density at radius 1 is 1.35 bits per heavy atom. The number of aromatic hydroxyl groups is 1. The van der Waals surface area contributed by atoms with Gasteiger partial charge in [-0.2, -0.15) is 0 Å². The predicted molar refractivity (Wildman–Crippen MR) is 68.8 cm³/mol. The van der Waals surface area contributed by atoms with Gasteiger partial charge in [-0.15, -0.1) is 0 Å². The highest BCUT2D eigenvalue weighted by Crippen LogP contribution is 2.30. The van der Waals surface area contributed by atoms with Gasteiger partial charge in [0, 0.05) is 18.4 Å². The Morgan fingerprint density at radius 2 is 2.24 bits per heavy atom. The molecule has 0 bridgehead atoms. The molecule has 1 aromatic heterocycles. The fourth-order valence-electron chi connectivity index (χ4n) is 2.58. The molecule has 1 heterocycles. The van der Waals surface area contributed by atoms with Gasteiger partial charge >= 0.3 is 0 Å². The average Bonchev–Trinajstić information content (AvgIpc) is 2.75. The average molecular weight is 246 g/mol. The van der Waals surface area contributed by atoms with Crippen molar-refractivity contribution in [3.63, 3.8) is 0 Å². The van der Waals surface area contributed by atoms with Crippen molar-refractivity contribution in [2.24, 2.45) is 0 Å². The van der Waals surface area contributed by atoms with Gasteiger partial charge in [0.2, 0.25) is 0 Å². The van der Waals surface area contributed by atoms with Gasteiger partial charge in [0.25, 0.3) is 0 Å². The van der Waals surface area contributed by atoms with E-state index in [1.807, 2.05) is 24.5 Å². The number of H-pyrrole nitrogens is 1. The van der Waals surface area contributed by atoms with Crippen molar-refractivity contribution >= 4 is 12.2 Å². The topological polar surface area (TPSA) is 41.0 Å². The van der Waals surface area contributed by atoms with Crippen molar-refractivity contribution in [3.05, 3.63) is 46.5 Å². The molecule has 0 saturated carbocycles. The molecule has 1 atom stereocenters. The molecule has 0 radical (unpaired) electrons. The maximum atomic E-state index is 9.46. The maximum Gasteiger partial charge on any atom is 0.177 e. The van der Waals surface area contributed by atoms with Crippen LogP contribution in [0.3, 0.4) is 0 Å². The van der Waals surface area contributed by atoms with Crippen LogP contribution in [0.15, 0.2) is 30.6 Å². The molecule has 0 fully saturated rings. The van der Waals surface area contributed by atoms with Gasteiger partial charge in [0.05, 0.1) is 0 Å². The standard InChI is InChI=1S/C13H14N2OS/c16-12-4-2-9-7-11(3-1-10(9)8-12)15-6-5-14-13(15)17/h2,4-6,8,11,16H,1,3,7H2,(H,14,17). The minimum Gasteiger partial charge on any atom is -0.508 e. The van der Waals surface area contributed by atoms with Crippen LogP contribution in [0.4, 0.5) is 0 Å². The lowest BCUT2D eigenvalue weighted by molar-refractivity contribution is 0.433. The Kier molecular flexibility index (Phi) is 2.52. The van der Waals surface area contributed by atoms with E-state index < -0.39 is 0 Å². The lowest BCUT2D eigenvalue weighted by Crippen LogP contribution is -2.18. The monoisotopic (exact) mass is 246 g/mol. The van der Waals surface area contributed by atoms with E-state index in [2.05, 4.69) is 9.55 Å². The van der Waals surface area contributed by atoms with Crippen LogP contribution in [0.2, 0.25) is 0 Å². The molecule has 1 aromatic carbocycles. The van der Waals surface area contributed by atoms with Gasteiger partial charge in [0.15, 0.2) is 4.77 Å². The second-order valence-electron chi connectivity index (χ2n) is 4.52. The van der Waals surface area contributed by atoms with E-state index in [0.29, 0.717) is 11.8 Å². The number of hydrogen-bond donors (Lipinski definition) is 2. The summed E-state index contributed by atoms with van der Waals surface area (Å²) < 4.78 is 2.92. The second kappa shape index (κ2) is 4.04. The van der Waals surface area contributed by atoms with Crippen molar-refractivity contribution in [2.75, 3.05) is 0 Å². The molecule has 1 aliphatic rings. The van der Waals surface area contributed by atoms with Gasteiger partial charge in [0.1, 0.15) is 5.75 Å². The van der Waals surface area contributed by atoms with Crippen LogP contribution < -0.4 is 0 Å². The van der Waals surface area contributed by atoms with E-state index in [0.717, 1.165) is 24.0 Å². The Bertz CT molecular complexity index is 599. The summed E-state index contributed by atoms with van der Waals surface area (Å²) in [5.74, 6) is 0.362. The summed E-state index contributed by atoms with van der Waals surface area (Å²) >= 11 is 5.25. The number of aromatic amines is 1. The minimum atomic E-state index is 0.362. The molecule has 17 heavy (non-hydrogen) atoms. The normalized spacial score (nSPS) is 18.9. The minimum absolute atomic E-state index is 0.362. The van der Waals surface area contributed by atoms with Crippen molar-refractivity contribution < 1.29 is 5.11 Å². The molecule has 3 rings (SSSR count). The lowest BCUT2D eigenvalue weighted by atomic mass is 9.88. The van der Waals surface area contributed by atoms with Gasteiger partial charge in [-0.1, -0.05) is 6.07 Å². The Morgan fingerprint density at radius 3 is 3.00 bits per heavy atom. The SMILES string of the molecule is Oc1ccc2c(c1)CCC(n1cc[nH]c1=S)C2. The molecule has 88 valence electrons. The number of benzene rings is 1. The van der Waals surface area contributed by atoms with E-state index in [9.17, 15) is 5.11 Å². The number of nitrogens with one attached hydrogen (secondary N) is 1. The predicted octanol–water partition coefficient (Wildman–Crippen LogP) is 2.98. The molecule has 0 amide bonds. The van der Waals surface area contributed by atoms with Crippen LogP contribution >= 0.6 is 12.2 Å². The third-order valence-corrected chi connectivity index (χ3v) is 3.79. The molecular formula is C13H14N2OS. The molecule has 3 nitrogen and oxygen atoms in total. The van der Waals surface area contributed by atoms with Gasteiger partial charge in [-0.25, -0.2) is 0 Å². The number of phenolic OH excluding ortho intramolecular Hbond substituents is 1. The van der Waals surface area contributed by atoms with Crippen LogP contribution in [-0.2, 0) is 12.8 Å². The first-order chi connectivity index (χ1) is 8.24. The molecule has 1 aliphatic carbocycles. The summed E-state index contributed by atoms with van der Waals surface area (Å²) in [6.45, 7) is 0. The molecule has 0 spiro atoms. The zero-order valence-corrected chi connectivity index (χ0v) is 10.2. The van der Waals surface area contributed by atoms with Crippen LogP contribution in [0.5, 0.6) is 5.75 Å². The first-order valence-electron chi connectivity index (χ1n) is 5.80. The molecule has 2 N–H and O–H groups in total. The summed E-state index contributed by atoms with van der Waals surface area (Å²) in [6.07, 6.45) is 6.96. The Labute approximate surface area is 105 Å². The number of fused-ring (bicyclic) bond motifs is 1. The summed E-state index contributed by atoms with van der Waals surface area (Å²) in [4.78, 5) is 3.04. The fourth-order valence-corrected chi connectivity index (χ4v) is 2.86. The first kappa shape index (κ1) is 10.6. The van der Waals surface area contributed by atoms with Crippen LogP contribution in [0.1, 0.15) is 23.6 Å². The van der Waals surface area contributed by atoms with E-state index in [1.54, 1.807) is 6.07 Å². The zero-order valence-electron chi connectivity index (χ0n) is 9.39. The van der Waals surface area contributed by atoms with Crippen LogP contribution in [-0.4, -0.2) is 14.7 Å². The highest BCUT2D eigenvalue weighted by atomic mass is 32.1. The van der Waals surface area contributed by atoms with Crippen LogP contribution in [0, 0.1) is 4.77 Å². The number of rotatable bonds is 1. The highest BCUT2D eigenvalue weighted by molar-refractivity contribution is 7.71. The molecule has 2 aromatic rings. The van der Waals surface area contributed by atoms with E-state index in [1.165, 1.54) is 11.1 Å². The maximum absolute atomic E-state index is 9.46. The van der Waals surface area contributed by atoms with Gasteiger partial charge in [-0.05, 0) is 54.7 Å². The number of nitrogens with zero attached hydrogens (tertiary/aromatic N) is 1. The second-order valence-corrected chi connectivity index (χ2v) is 4.91. The fraction of sp³-hybridized carbons (Fsp3) is 0.308. The quantitative estimate of drug-likeness (QED) is 0.759. The smallest absolute Gasteiger partial charge is 0.177 e. The number of aryl methyl sites for hydroxylation is 1. The molecule has 1 unspecified atom stereocenters. The van der Waals surface area contributed by atoms with Crippen LogP contribution in [0.25, 0.3) is 0 Å². The van der Waals surface area contributed by atoms with E-state index in [4.69, 9.17) is 12.2 Å². The molecule has 0 saturated heterocycles. The summed E-state index contributed by atoms with van der Waals surface area (Å²) in [5, 5.41) is 9.46. The van der Waals surface area contributed by atoms with E-state index >= 15 is 0 Å². The molecule has 0 aliphatic heterocycles.